The first-order chi connectivity index (χ1) is 21.5. The number of para-hydroxylation sites is 1. The van der Waals surface area contributed by atoms with Crippen molar-refractivity contribution in [2.45, 2.75) is 37.2 Å². The van der Waals surface area contributed by atoms with Gasteiger partial charge in [-0.2, -0.15) is 4.98 Å². The van der Waals surface area contributed by atoms with Crippen molar-refractivity contribution in [1.29, 1.82) is 0 Å². The smallest absolute Gasteiger partial charge is 0.255 e. The maximum Gasteiger partial charge on any atom is 0.255 e. The Morgan fingerprint density at radius 2 is 1.68 bits per heavy atom. The number of amides is 1. The first-order valence-electron chi connectivity index (χ1n) is 14.4. The molecule has 0 aliphatic carbocycles. The zero-order valence-corrected chi connectivity index (χ0v) is 26.0. The number of ether oxygens (including phenoxy) is 1. The van der Waals surface area contributed by atoms with E-state index in [2.05, 4.69) is 22.8 Å². The van der Waals surface area contributed by atoms with Crippen LogP contribution < -0.4 is 15.4 Å². The minimum absolute atomic E-state index is 0.205. The Hall–Kier alpha value is -4.53. The van der Waals surface area contributed by atoms with Gasteiger partial charge in [0.1, 0.15) is 11.8 Å². The number of anilines is 2. The third-order valence-electron chi connectivity index (χ3n) is 7.48. The van der Waals surface area contributed by atoms with Crippen LogP contribution in [-0.4, -0.2) is 27.3 Å². The van der Waals surface area contributed by atoms with Gasteiger partial charge in [-0.3, -0.25) is 4.79 Å². The number of carbonyl (C=O) groups is 1. The van der Waals surface area contributed by atoms with E-state index in [4.69, 9.17) is 26.4 Å². The fourth-order valence-corrected chi connectivity index (χ4v) is 6.25. The minimum Gasteiger partial charge on any atom is -0.493 e. The molecule has 0 saturated heterocycles. The maximum absolute atomic E-state index is 13.9. The average molecular weight is 622 g/mol. The Balaban J connectivity index is 1.28. The normalized spacial score (nSPS) is 14.1. The summed E-state index contributed by atoms with van der Waals surface area (Å²) in [6.45, 7) is 4.44. The van der Waals surface area contributed by atoms with Crippen LogP contribution in [0.2, 0.25) is 5.02 Å². The van der Waals surface area contributed by atoms with E-state index in [0.717, 1.165) is 34.5 Å². The molecule has 222 valence electrons. The average Bonchev–Trinajstić information content (AvgIpc) is 3.44. The zero-order valence-electron chi connectivity index (χ0n) is 24.5. The Labute approximate surface area is 266 Å². The van der Waals surface area contributed by atoms with Crippen LogP contribution in [0, 0.1) is 6.92 Å². The van der Waals surface area contributed by atoms with Gasteiger partial charge in [0.25, 0.3) is 5.91 Å². The standard InChI is InChI=1S/C35H32ClN5O2S/c1-23-10-6-9-15-30(23)38-33(42)31-24(2)37-34-39-35(44-22-27-13-7-8-14-29(27)36)40-41(34)32(31)26-16-18-28(19-17-26)43-21-20-25-11-4-3-5-12-25/h3-19,32H,20-22H2,1-2H3,(H,38,42)(H,37,39,40). The Morgan fingerprint density at radius 1 is 0.955 bits per heavy atom. The van der Waals surface area contributed by atoms with E-state index in [9.17, 15) is 4.79 Å². The second-order valence-electron chi connectivity index (χ2n) is 10.5. The molecule has 1 amide bonds. The largest absolute Gasteiger partial charge is 0.493 e. The van der Waals surface area contributed by atoms with Gasteiger partial charge in [-0.25, -0.2) is 4.68 Å². The van der Waals surface area contributed by atoms with Crippen LogP contribution in [0.25, 0.3) is 0 Å². The number of allylic oxidation sites excluding steroid dienone is 1. The summed E-state index contributed by atoms with van der Waals surface area (Å²) < 4.78 is 7.84. The van der Waals surface area contributed by atoms with Crippen molar-refractivity contribution in [1.82, 2.24) is 14.8 Å². The molecule has 2 N–H and O–H groups in total. The van der Waals surface area contributed by atoms with Crippen molar-refractivity contribution >= 4 is 40.9 Å². The van der Waals surface area contributed by atoms with E-state index in [1.54, 1.807) is 4.68 Å². The van der Waals surface area contributed by atoms with Crippen molar-refractivity contribution in [3.8, 4) is 5.75 Å². The molecule has 0 spiro atoms. The van der Waals surface area contributed by atoms with Gasteiger partial charge < -0.3 is 15.4 Å². The summed E-state index contributed by atoms with van der Waals surface area (Å²) in [6.07, 6.45) is 0.818. The number of hydrogen-bond donors (Lipinski definition) is 2. The molecule has 44 heavy (non-hydrogen) atoms. The number of carbonyl (C=O) groups excluding carboxylic acids is 1. The first kappa shape index (κ1) is 29.5. The summed E-state index contributed by atoms with van der Waals surface area (Å²) in [5, 5.41) is 12.6. The first-order valence-corrected chi connectivity index (χ1v) is 15.8. The highest BCUT2D eigenvalue weighted by atomic mass is 35.5. The van der Waals surface area contributed by atoms with E-state index in [0.29, 0.717) is 39.8 Å². The number of nitrogens with one attached hydrogen (secondary N) is 2. The topological polar surface area (TPSA) is 81.1 Å². The lowest BCUT2D eigenvalue weighted by molar-refractivity contribution is -0.113. The van der Waals surface area contributed by atoms with Gasteiger partial charge in [0, 0.05) is 28.6 Å². The molecular weight excluding hydrogens is 590 g/mol. The molecule has 0 bridgehead atoms. The fraction of sp³-hybridized carbons (Fsp3) is 0.171. The van der Waals surface area contributed by atoms with Crippen LogP contribution in [0.5, 0.6) is 5.75 Å². The molecule has 6 rings (SSSR count). The van der Waals surface area contributed by atoms with Crippen molar-refractivity contribution in [3.05, 3.63) is 142 Å². The van der Waals surface area contributed by atoms with E-state index in [1.807, 2.05) is 105 Å². The van der Waals surface area contributed by atoms with Crippen LogP contribution in [-0.2, 0) is 17.0 Å². The quantitative estimate of drug-likeness (QED) is 0.153. The predicted molar refractivity (Wildman–Crippen MR) is 177 cm³/mol. The van der Waals surface area contributed by atoms with Gasteiger partial charge >= 0.3 is 0 Å². The molecule has 1 atom stereocenters. The molecule has 5 aromatic rings. The Morgan fingerprint density at radius 3 is 2.45 bits per heavy atom. The van der Waals surface area contributed by atoms with Crippen LogP contribution in [0.15, 0.2) is 120 Å². The summed E-state index contributed by atoms with van der Waals surface area (Å²) in [5.74, 6) is 1.75. The molecular formula is C35H32ClN5O2S. The molecule has 7 nitrogen and oxygen atoms in total. The molecule has 2 heterocycles. The van der Waals surface area contributed by atoms with Crippen LogP contribution in [0.1, 0.15) is 35.2 Å². The molecule has 1 aliphatic heterocycles. The third-order valence-corrected chi connectivity index (χ3v) is 8.74. The van der Waals surface area contributed by atoms with E-state index < -0.39 is 6.04 Å². The number of aryl methyl sites for hydroxylation is 1. The summed E-state index contributed by atoms with van der Waals surface area (Å²) in [4.78, 5) is 18.7. The number of fused-ring (bicyclic) bond motifs is 1. The molecule has 9 heteroatoms. The number of thioether (sulfide) groups is 1. The highest BCUT2D eigenvalue weighted by Crippen LogP contribution is 2.38. The van der Waals surface area contributed by atoms with Gasteiger partial charge in [-0.1, -0.05) is 102 Å². The minimum atomic E-state index is -0.504. The fourth-order valence-electron chi connectivity index (χ4n) is 5.13. The van der Waals surface area contributed by atoms with Gasteiger partial charge in [0.05, 0.1) is 12.2 Å². The van der Waals surface area contributed by atoms with Crippen LogP contribution in [0.4, 0.5) is 11.6 Å². The Kier molecular flexibility index (Phi) is 9.00. The maximum atomic E-state index is 13.9. The number of benzene rings is 4. The molecule has 0 saturated carbocycles. The molecule has 1 aliphatic rings. The lowest BCUT2D eigenvalue weighted by atomic mass is 9.95. The van der Waals surface area contributed by atoms with Crippen molar-refractivity contribution < 1.29 is 9.53 Å². The molecule has 4 aromatic carbocycles. The SMILES string of the molecule is CC1=C(C(=O)Nc2ccccc2C)C(c2ccc(OCCc3ccccc3)cc2)n2nc(SCc3ccccc3Cl)nc2N1. The highest BCUT2D eigenvalue weighted by molar-refractivity contribution is 7.98. The summed E-state index contributed by atoms with van der Waals surface area (Å²) >= 11 is 7.88. The van der Waals surface area contributed by atoms with Crippen molar-refractivity contribution in [2.24, 2.45) is 0 Å². The summed E-state index contributed by atoms with van der Waals surface area (Å²) in [5.41, 5.74) is 6.15. The summed E-state index contributed by atoms with van der Waals surface area (Å²) in [6, 6.07) is 33.1. The van der Waals surface area contributed by atoms with E-state index >= 15 is 0 Å². The molecule has 1 unspecified atom stereocenters. The van der Waals surface area contributed by atoms with E-state index in [1.165, 1.54) is 17.3 Å². The number of hydrogen-bond acceptors (Lipinski definition) is 6. The van der Waals surface area contributed by atoms with Gasteiger partial charge in [-0.05, 0) is 60.4 Å². The number of rotatable bonds is 10. The second kappa shape index (κ2) is 13.4. The van der Waals surface area contributed by atoms with Gasteiger partial charge in [0.2, 0.25) is 11.1 Å². The summed E-state index contributed by atoms with van der Waals surface area (Å²) in [7, 11) is 0. The van der Waals surface area contributed by atoms with Gasteiger partial charge in [0.15, 0.2) is 0 Å². The highest BCUT2D eigenvalue weighted by Gasteiger charge is 2.34. The van der Waals surface area contributed by atoms with Crippen LogP contribution >= 0.6 is 23.4 Å². The zero-order chi connectivity index (χ0) is 30.5. The molecule has 0 radical (unpaired) electrons. The second-order valence-corrected chi connectivity index (χ2v) is 11.9. The monoisotopic (exact) mass is 621 g/mol. The number of aromatic nitrogens is 3. The predicted octanol–water partition coefficient (Wildman–Crippen LogP) is 8.08. The lowest BCUT2D eigenvalue weighted by Gasteiger charge is -2.29. The van der Waals surface area contributed by atoms with E-state index in [-0.39, 0.29) is 5.91 Å². The number of halogens is 1. The number of nitrogens with zero attached hydrogens (tertiary/aromatic N) is 3. The van der Waals surface area contributed by atoms with Gasteiger partial charge in [-0.15, -0.1) is 5.10 Å². The van der Waals surface area contributed by atoms with Crippen LogP contribution in [0.3, 0.4) is 0 Å². The lowest BCUT2D eigenvalue weighted by Crippen LogP contribution is -2.31. The third kappa shape index (κ3) is 6.67. The van der Waals surface area contributed by atoms with Crippen molar-refractivity contribution in [2.75, 3.05) is 17.2 Å². The molecule has 1 aromatic heterocycles. The van der Waals surface area contributed by atoms with Crippen molar-refractivity contribution in [3.63, 3.8) is 0 Å². The Bertz CT molecular complexity index is 1800. The molecule has 0 fully saturated rings.